The molecule has 4 nitrogen and oxygen atoms in total. The van der Waals surface area contributed by atoms with Gasteiger partial charge in [-0.05, 0) is 34.6 Å². The monoisotopic (exact) mass is 334 g/mol. The highest BCUT2D eigenvalue weighted by atomic mass is 127. The summed E-state index contributed by atoms with van der Waals surface area (Å²) in [5.41, 5.74) is 1.25. The zero-order valence-electron chi connectivity index (χ0n) is 8.39. The molecule has 1 aromatic carbocycles. The minimum atomic E-state index is -1.51. The van der Waals surface area contributed by atoms with Crippen LogP contribution in [0, 0.1) is 3.57 Å². The first-order chi connectivity index (χ1) is 7.57. The number of aldehydes is 1. The Morgan fingerprint density at radius 1 is 1.50 bits per heavy atom. The quantitative estimate of drug-likeness (QED) is 0.633. The minimum absolute atomic E-state index is 0.372. The Hall–Kier alpha value is -0.950. The lowest BCUT2D eigenvalue weighted by molar-refractivity contribution is -0.147. The molecule has 1 rings (SSSR count). The van der Waals surface area contributed by atoms with E-state index >= 15 is 0 Å². The van der Waals surface area contributed by atoms with E-state index < -0.39 is 12.1 Å². The predicted molar refractivity (Wildman–Crippen MR) is 66.1 cm³/mol. The van der Waals surface area contributed by atoms with Gasteiger partial charge in [-0.25, -0.2) is 4.79 Å². The Bertz CT molecular complexity index is 403. The van der Waals surface area contributed by atoms with E-state index in [2.05, 4.69) is 0 Å². The van der Waals surface area contributed by atoms with Crippen LogP contribution in [-0.4, -0.2) is 22.5 Å². The van der Waals surface area contributed by atoms with Crippen LogP contribution >= 0.6 is 22.6 Å². The van der Waals surface area contributed by atoms with E-state index in [1.165, 1.54) is 0 Å². The molecule has 1 atom stereocenters. The molecule has 0 aliphatic carbocycles. The first-order valence-electron chi connectivity index (χ1n) is 4.69. The van der Waals surface area contributed by atoms with Gasteiger partial charge in [0.1, 0.15) is 6.29 Å². The molecule has 0 saturated heterocycles. The zero-order chi connectivity index (χ0) is 12.1. The molecule has 0 aliphatic heterocycles. The number of carboxylic acid groups (broad SMARTS) is 1. The maximum Gasteiger partial charge on any atom is 0.337 e. The van der Waals surface area contributed by atoms with Gasteiger partial charge in [-0.1, -0.05) is 18.2 Å². The number of carbonyl (C=O) groups excluding carboxylic acids is 1. The van der Waals surface area contributed by atoms with E-state index in [0.29, 0.717) is 22.0 Å². The van der Waals surface area contributed by atoms with Gasteiger partial charge < -0.3 is 15.0 Å². The van der Waals surface area contributed by atoms with Crippen LogP contribution in [0.4, 0.5) is 0 Å². The molecule has 0 heterocycles. The van der Waals surface area contributed by atoms with Crippen LogP contribution in [0.15, 0.2) is 18.2 Å². The van der Waals surface area contributed by atoms with Gasteiger partial charge in [0.2, 0.25) is 0 Å². The van der Waals surface area contributed by atoms with Crippen LogP contribution < -0.4 is 0 Å². The van der Waals surface area contributed by atoms with E-state index in [1.54, 1.807) is 12.1 Å². The van der Waals surface area contributed by atoms with Crippen molar-refractivity contribution in [1.82, 2.24) is 0 Å². The Morgan fingerprint density at radius 2 is 2.19 bits per heavy atom. The van der Waals surface area contributed by atoms with Gasteiger partial charge >= 0.3 is 5.97 Å². The summed E-state index contributed by atoms with van der Waals surface area (Å²) in [6.45, 7) is 0. The second kappa shape index (κ2) is 5.95. The normalized spacial score (nSPS) is 12.1. The van der Waals surface area contributed by atoms with E-state index in [-0.39, 0.29) is 0 Å². The number of aliphatic carboxylic acids is 1. The lowest BCUT2D eigenvalue weighted by Crippen LogP contribution is -2.12. The van der Waals surface area contributed by atoms with E-state index in [0.717, 1.165) is 11.8 Å². The Labute approximate surface area is 106 Å². The summed E-state index contributed by atoms with van der Waals surface area (Å²) in [5, 5.41) is 18.2. The maximum atomic E-state index is 10.7. The maximum absolute atomic E-state index is 10.7. The highest BCUT2D eigenvalue weighted by molar-refractivity contribution is 14.1. The molecule has 0 bridgehead atoms. The number of hydrogen-bond donors (Lipinski definition) is 2. The van der Waals surface area contributed by atoms with Crippen molar-refractivity contribution in [1.29, 1.82) is 0 Å². The van der Waals surface area contributed by atoms with Crippen molar-refractivity contribution in [3.05, 3.63) is 32.9 Å². The number of carbonyl (C=O) groups is 2. The predicted octanol–water partition coefficient (Wildman–Crippen LogP) is 1.54. The molecule has 0 radical (unpaired) electrons. The lowest BCUT2D eigenvalue weighted by Gasteiger charge is -2.11. The second-order valence-corrected chi connectivity index (χ2v) is 4.35. The summed E-state index contributed by atoms with van der Waals surface area (Å²) < 4.78 is 0.705. The van der Waals surface area contributed by atoms with Crippen molar-refractivity contribution >= 4 is 34.8 Å². The molecular formula is C11H11IO4. The van der Waals surface area contributed by atoms with Crippen molar-refractivity contribution < 1.29 is 19.8 Å². The van der Waals surface area contributed by atoms with Crippen molar-refractivity contribution in [2.75, 3.05) is 0 Å². The van der Waals surface area contributed by atoms with Crippen molar-refractivity contribution in [2.45, 2.75) is 18.9 Å². The first-order valence-corrected chi connectivity index (χ1v) is 5.77. The first kappa shape index (κ1) is 13.1. The van der Waals surface area contributed by atoms with Gasteiger partial charge in [-0.15, -0.1) is 0 Å². The number of hydrogen-bond acceptors (Lipinski definition) is 3. The third-order valence-electron chi connectivity index (χ3n) is 2.17. The van der Waals surface area contributed by atoms with Gasteiger partial charge in [-0.3, -0.25) is 0 Å². The summed E-state index contributed by atoms with van der Waals surface area (Å²) in [6.07, 6.45) is 0.254. The number of aliphatic hydroxyl groups excluding tert-OH is 1. The Kier molecular flexibility index (Phi) is 4.88. The number of aliphatic hydroxyl groups is 1. The van der Waals surface area contributed by atoms with Gasteiger partial charge in [-0.2, -0.15) is 0 Å². The summed E-state index contributed by atoms with van der Waals surface area (Å²) >= 11 is 1.99. The summed E-state index contributed by atoms with van der Waals surface area (Å²) in [5.74, 6) is -1.27. The summed E-state index contributed by atoms with van der Waals surface area (Å²) in [7, 11) is 0. The fraction of sp³-hybridized carbons (Fsp3) is 0.273. The molecule has 16 heavy (non-hydrogen) atoms. The van der Waals surface area contributed by atoms with Gasteiger partial charge in [0.15, 0.2) is 6.10 Å². The Morgan fingerprint density at radius 3 is 2.75 bits per heavy atom. The van der Waals surface area contributed by atoms with Crippen LogP contribution in [0.25, 0.3) is 0 Å². The summed E-state index contributed by atoms with van der Waals surface area (Å²) in [4.78, 5) is 20.9. The molecule has 86 valence electrons. The van der Waals surface area contributed by atoms with Gasteiger partial charge in [0.25, 0.3) is 0 Å². The fourth-order valence-corrected chi connectivity index (χ4v) is 2.28. The van der Waals surface area contributed by atoms with Crippen LogP contribution in [0.3, 0.4) is 0 Å². The highest BCUT2D eigenvalue weighted by Crippen LogP contribution is 2.24. The average Bonchev–Trinajstić information content (AvgIpc) is 2.26. The van der Waals surface area contributed by atoms with Gasteiger partial charge in [0.05, 0.1) is 0 Å². The molecular weight excluding hydrogens is 323 g/mol. The zero-order valence-corrected chi connectivity index (χ0v) is 10.5. The smallest absolute Gasteiger partial charge is 0.337 e. The molecule has 5 heteroatoms. The molecule has 1 aromatic rings. The second-order valence-electron chi connectivity index (χ2n) is 3.27. The minimum Gasteiger partial charge on any atom is -0.479 e. The third kappa shape index (κ3) is 3.02. The molecule has 0 saturated carbocycles. The van der Waals surface area contributed by atoms with E-state index in [1.807, 2.05) is 28.7 Å². The van der Waals surface area contributed by atoms with Crippen LogP contribution in [-0.2, 0) is 16.0 Å². The molecule has 2 N–H and O–H groups in total. The molecule has 1 unspecified atom stereocenters. The van der Waals surface area contributed by atoms with E-state index in [4.69, 9.17) is 5.11 Å². The molecule has 0 spiro atoms. The van der Waals surface area contributed by atoms with Crippen molar-refractivity contribution in [2.24, 2.45) is 0 Å². The molecule has 0 aromatic heterocycles. The fourth-order valence-electron chi connectivity index (χ4n) is 1.35. The Balaban J connectivity index is 3.03. The SMILES string of the molecule is O=CCCc1cccc(C(O)C(=O)O)c1I. The molecule has 0 fully saturated rings. The van der Waals surface area contributed by atoms with Crippen molar-refractivity contribution in [3.63, 3.8) is 0 Å². The standard InChI is InChI=1S/C11H11IO4/c12-9-7(4-2-6-13)3-1-5-8(9)10(14)11(15)16/h1,3,5-6,10,14H,2,4H2,(H,15,16). The van der Waals surface area contributed by atoms with Gasteiger partial charge in [0, 0.05) is 15.6 Å². The number of aryl methyl sites for hydroxylation is 1. The average molecular weight is 334 g/mol. The number of benzene rings is 1. The van der Waals surface area contributed by atoms with Crippen LogP contribution in [0.2, 0.25) is 0 Å². The largest absolute Gasteiger partial charge is 0.479 e. The molecule has 0 amide bonds. The third-order valence-corrected chi connectivity index (χ3v) is 3.48. The molecule has 0 aliphatic rings. The van der Waals surface area contributed by atoms with E-state index in [9.17, 15) is 14.7 Å². The van der Waals surface area contributed by atoms with Crippen LogP contribution in [0.5, 0.6) is 0 Å². The summed E-state index contributed by atoms with van der Waals surface area (Å²) in [6, 6.07) is 5.08. The number of rotatable bonds is 5. The van der Waals surface area contributed by atoms with Crippen LogP contribution in [0.1, 0.15) is 23.7 Å². The lowest BCUT2D eigenvalue weighted by atomic mass is 10.0. The number of carboxylic acids is 1. The number of halogens is 1. The van der Waals surface area contributed by atoms with Crippen molar-refractivity contribution in [3.8, 4) is 0 Å². The highest BCUT2D eigenvalue weighted by Gasteiger charge is 2.19. The topological polar surface area (TPSA) is 74.6 Å².